The van der Waals surface area contributed by atoms with Crippen LogP contribution in [-0.2, 0) is 5.41 Å². The lowest BCUT2D eigenvalue weighted by Crippen LogP contribution is -2.15. The number of imidazole rings is 1. The van der Waals surface area contributed by atoms with Crippen molar-refractivity contribution in [3.63, 3.8) is 0 Å². The maximum atomic E-state index is 9.06. The van der Waals surface area contributed by atoms with Gasteiger partial charge in [-0.05, 0) is 32.4 Å². The lowest BCUT2D eigenvalue weighted by molar-refractivity contribution is 0.640. The first-order chi connectivity index (χ1) is 8.03. The van der Waals surface area contributed by atoms with E-state index in [0.29, 0.717) is 5.82 Å². The Morgan fingerprint density at radius 2 is 2.12 bits per heavy atom. The molecule has 0 aliphatic heterocycles. The minimum atomic E-state index is -0.581. The van der Waals surface area contributed by atoms with E-state index in [1.807, 2.05) is 26.0 Å². The summed E-state index contributed by atoms with van der Waals surface area (Å²) in [7, 11) is 0. The summed E-state index contributed by atoms with van der Waals surface area (Å²) in [5.41, 5.74) is 2.67. The van der Waals surface area contributed by atoms with Crippen LogP contribution < -0.4 is 0 Å². The SMILES string of the molecule is Cc1cccc(-c2cnc(C(C)(C)C#N)[nH]2)c1. The second-order valence-electron chi connectivity index (χ2n) is 4.75. The first kappa shape index (κ1) is 11.4. The number of nitrogens with zero attached hydrogens (tertiary/aromatic N) is 2. The number of hydrogen-bond acceptors (Lipinski definition) is 2. The predicted octanol–water partition coefficient (Wildman–Crippen LogP) is 3.19. The van der Waals surface area contributed by atoms with Gasteiger partial charge in [-0.25, -0.2) is 4.98 Å². The van der Waals surface area contributed by atoms with Gasteiger partial charge in [0.1, 0.15) is 11.2 Å². The summed E-state index contributed by atoms with van der Waals surface area (Å²) in [5, 5.41) is 9.06. The van der Waals surface area contributed by atoms with Crippen molar-refractivity contribution < 1.29 is 0 Å². The fraction of sp³-hybridized carbons (Fsp3) is 0.286. The minimum Gasteiger partial charge on any atom is -0.341 e. The van der Waals surface area contributed by atoms with Crippen molar-refractivity contribution in [3.05, 3.63) is 41.9 Å². The van der Waals surface area contributed by atoms with E-state index in [1.54, 1.807) is 6.20 Å². The molecule has 0 saturated heterocycles. The largest absolute Gasteiger partial charge is 0.341 e. The number of rotatable bonds is 2. The van der Waals surface area contributed by atoms with Gasteiger partial charge in [-0.1, -0.05) is 23.8 Å². The predicted molar refractivity (Wildman–Crippen MR) is 67.4 cm³/mol. The number of hydrogen-bond donors (Lipinski definition) is 1. The monoisotopic (exact) mass is 225 g/mol. The Bertz CT molecular complexity index is 573. The lowest BCUT2D eigenvalue weighted by Gasteiger charge is -2.10. The Labute approximate surface area is 101 Å². The molecule has 1 N–H and O–H groups in total. The summed E-state index contributed by atoms with van der Waals surface area (Å²) < 4.78 is 0. The number of aromatic nitrogens is 2. The Balaban J connectivity index is 2.41. The summed E-state index contributed by atoms with van der Waals surface area (Å²) in [6.45, 7) is 5.76. The van der Waals surface area contributed by atoms with Crippen LogP contribution in [0, 0.1) is 18.3 Å². The number of nitrogens with one attached hydrogen (secondary N) is 1. The zero-order valence-electron chi connectivity index (χ0n) is 10.3. The Hall–Kier alpha value is -2.08. The van der Waals surface area contributed by atoms with Gasteiger partial charge in [0, 0.05) is 0 Å². The lowest BCUT2D eigenvalue weighted by atomic mass is 9.95. The van der Waals surface area contributed by atoms with Gasteiger partial charge in [0.05, 0.1) is 18.0 Å². The van der Waals surface area contributed by atoms with Crippen LogP contribution in [0.1, 0.15) is 25.2 Å². The summed E-state index contributed by atoms with van der Waals surface area (Å²) in [4.78, 5) is 7.50. The molecule has 1 aromatic carbocycles. The summed E-state index contributed by atoms with van der Waals surface area (Å²) in [6, 6.07) is 10.4. The van der Waals surface area contributed by atoms with Gasteiger partial charge in [0.2, 0.25) is 0 Å². The molecule has 0 aliphatic carbocycles. The number of aromatic amines is 1. The molecule has 0 saturated carbocycles. The van der Waals surface area contributed by atoms with Gasteiger partial charge in [-0.3, -0.25) is 0 Å². The highest BCUT2D eigenvalue weighted by atomic mass is 14.9. The normalized spacial score (nSPS) is 11.2. The molecule has 17 heavy (non-hydrogen) atoms. The molecule has 0 unspecified atom stereocenters. The van der Waals surface area contributed by atoms with Crippen molar-refractivity contribution in [2.24, 2.45) is 0 Å². The van der Waals surface area contributed by atoms with Crippen molar-refractivity contribution >= 4 is 0 Å². The summed E-state index contributed by atoms with van der Waals surface area (Å²) in [6.07, 6.45) is 1.78. The van der Waals surface area contributed by atoms with Crippen LogP contribution in [-0.4, -0.2) is 9.97 Å². The quantitative estimate of drug-likeness (QED) is 0.853. The maximum absolute atomic E-state index is 9.06. The molecule has 3 nitrogen and oxygen atoms in total. The van der Waals surface area contributed by atoms with Crippen molar-refractivity contribution in [3.8, 4) is 17.3 Å². The molecule has 0 amide bonds. The third-order valence-corrected chi connectivity index (χ3v) is 2.78. The standard InChI is InChI=1S/C14H15N3/c1-10-5-4-6-11(7-10)12-8-16-13(17-12)14(2,3)9-15/h4-8H,1-3H3,(H,16,17). The van der Waals surface area contributed by atoms with Crippen LogP contribution in [0.25, 0.3) is 11.3 Å². The summed E-state index contributed by atoms with van der Waals surface area (Å²) >= 11 is 0. The first-order valence-corrected chi connectivity index (χ1v) is 5.57. The second-order valence-corrected chi connectivity index (χ2v) is 4.75. The van der Waals surface area contributed by atoms with E-state index in [-0.39, 0.29) is 0 Å². The molecule has 0 atom stereocenters. The van der Waals surface area contributed by atoms with Crippen molar-refractivity contribution in [1.82, 2.24) is 9.97 Å². The zero-order chi connectivity index (χ0) is 12.5. The van der Waals surface area contributed by atoms with E-state index >= 15 is 0 Å². The number of aryl methyl sites for hydroxylation is 1. The molecule has 1 heterocycles. The zero-order valence-corrected chi connectivity index (χ0v) is 10.3. The molecule has 2 aromatic rings. The topological polar surface area (TPSA) is 52.5 Å². The van der Waals surface area contributed by atoms with Gasteiger partial charge in [-0.15, -0.1) is 0 Å². The second kappa shape index (κ2) is 4.06. The van der Waals surface area contributed by atoms with Gasteiger partial charge in [-0.2, -0.15) is 5.26 Å². The van der Waals surface area contributed by atoms with Gasteiger partial charge in [0.15, 0.2) is 0 Å². The van der Waals surface area contributed by atoms with Gasteiger partial charge in [0.25, 0.3) is 0 Å². The van der Waals surface area contributed by atoms with Crippen LogP contribution in [0.3, 0.4) is 0 Å². The van der Waals surface area contributed by atoms with Gasteiger partial charge < -0.3 is 4.98 Å². The number of benzene rings is 1. The molecule has 0 spiro atoms. The summed E-state index contributed by atoms with van der Waals surface area (Å²) in [5.74, 6) is 0.705. The van der Waals surface area contributed by atoms with Crippen LogP contribution in [0.2, 0.25) is 0 Å². The van der Waals surface area contributed by atoms with Gasteiger partial charge >= 0.3 is 0 Å². The fourth-order valence-electron chi connectivity index (χ4n) is 1.65. The molecule has 0 bridgehead atoms. The maximum Gasteiger partial charge on any atom is 0.126 e. The molecular weight excluding hydrogens is 210 g/mol. The third-order valence-electron chi connectivity index (χ3n) is 2.78. The average molecular weight is 225 g/mol. The smallest absolute Gasteiger partial charge is 0.126 e. The van der Waals surface area contributed by atoms with E-state index < -0.39 is 5.41 Å². The van der Waals surface area contributed by atoms with Crippen LogP contribution in [0.4, 0.5) is 0 Å². The van der Waals surface area contributed by atoms with Crippen LogP contribution in [0.15, 0.2) is 30.5 Å². The highest BCUT2D eigenvalue weighted by Crippen LogP contribution is 2.23. The van der Waals surface area contributed by atoms with Crippen LogP contribution >= 0.6 is 0 Å². The number of H-pyrrole nitrogens is 1. The molecule has 1 aromatic heterocycles. The molecule has 86 valence electrons. The Morgan fingerprint density at radius 3 is 2.76 bits per heavy atom. The van der Waals surface area contributed by atoms with Crippen molar-refractivity contribution in [1.29, 1.82) is 5.26 Å². The highest BCUT2D eigenvalue weighted by molar-refractivity contribution is 5.59. The highest BCUT2D eigenvalue weighted by Gasteiger charge is 2.23. The molecule has 0 fully saturated rings. The van der Waals surface area contributed by atoms with E-state index in [9.17, 15) is 0 Å². The minimum absolute atomic E-state index is 0.581. The molecule has 0 radical (unpaired) electrons. The third kappa shape index (κ3) is 2.21. The van der Waals surface area contributed by atoms with E-state index in [0.717, 1.165) is 11.3 Å². The molecule has 0 aliphatic rings. The van der Waals surface area contributed by atoms with Crippen molar-refractivity contribution in [2.75, 3.05) is 0 Å². The van der Waals surface area contributed by atoms with Crippen molar-refractivity contribution in [2.45, 2.75) is 26.2 Å². The Morgan fingerprint density at radius 1 is 1.35 bits per heavy atom. The molecule has 3 heteroatoms. The van der Waals surface area contributed by atoms with E-state index in [4.69, 9.17) is 5.26 Å². The Kier molecular flexibility index (Phi) is 2.72. The molecular formula is C14H15N3. The average Bonchev–Trinajstić information content (AvgIpc) is 2.79. The van der Waals surface area contributed by atoms with E-state index in [2.05, 4.69) is 35.1 Å². The van der Waals surface area contributed by atoms with E-state index in [1.165, 1.54) is 5.56 Å². The van der Waals surface area contributed by atoms with Crippen LogP contribution in [0.5, 0.6) is 0 Å². The first-order valence-electron chi connectivity index (χ1n) is 5.57. The molecule has 2 rings (SSSR count). The fourth-order valence-corrected chi connectivity index (χ4v) is 1.65. The number of nitriles is 1.